The van der Waals surface area contributed by atoms with Crippen molar-refractivity contribution in [1.29, 1.82) is 0 Å². The van der Waals surface area contributed by atoms with Crippen LogP contribution in [0.4, 0.5) is 0 Å². The number of rotatable bonds is 5. The third kappa shape index (κ3) is 4.56. The molecule has 0 saturated carbocycles. The lowest BCUT2D eigenvalue weighted by Crippen LogP contribution is -2.43. The minimum atomic E-state index is -0.638. The van der Waals surface area contributed by atoms with Crippen molar-refractivity contribution >= 4 is 28.8 Å². The molecule has 0 bridgehead atoms. The summed E-state index contributed by atoms with van der Waals surface area (Å²) in [6.07, 6.45) is 1.50. The standard InChI is InChI=1S/C21H20N2O5/c1-13-8-17-16(11-27-18(17)9-14(13)2)10-20(25)28-12-19(24)22-23-21(26)15-6-4-3-5-7-15/h3-9,11H,10,12H2,1-2H3,(H,22,24)(H,23,26). The molecule has 2 N–H and O–H groups in total. The van der Waals surface area contributed by atoms with Crippen LogP contribution in [-0.4, -0.2) is 24.4 Å². The summed E-state index contributed by atoms with van der Waals surface area (Å²) >= 11 is 0. The van der Waals surface area contributed by atoms with E-state index in [1.165, 1.54) is 6.26 Å². The predicted octanol–water partition coefficient (Wildman–Crippen LogP) is 2.60. The molecule has 3 aromatic rings. The highest BCUT2D eigenvalue weighted by Crippen LogP contribution is 2.25. The third-order valence-corrected chi connectivity index (χ3v) is 4.32. The summed E-state index contributed by atoms with van der Waals surface area (Å²) in [6.45, 7) is 3.47. The number of esters is 1. The Hall–Kier alpha value is -3.61. The molecule has 3 rings (SSSR count). The highest BCUT2D eigenvalue weighted by Gasteiger charge is 2.14. The van der Waals surface area contributed by atoms with Crippen molar-refractivity contribution in [3.8, 4) is 0 Å². The summed E-state index contributed by atoms with van der Waals surface area (Å²) in [5.74, 6) is -1.66. The van der Waals surface area contributed by atoms with E-state index in [4.69, 9.17) is 9.15 Å². The van der Waals surface area contributed by atoms with Crippen molar-refractivity contribution in [2.75, 3.05) is 6.61 Å². The Labute approximate surface area is 161 Å². The maximum Gasteiger partial charge on any atom is 0.310 e. The van der Waals surface area contributed by atoms with Gasteiger partial charge in [0.15, 0.2) is 6.61 Å². The molecule has 0 radical (unpaired) electrons. The number of furan rings is 1. The van der Waals surface area contributed by atoms with Gasteiger partial charge in [-0.05, 0) is 49.2 Å². The van der Waals surface area contributed by atoms with E-state index in [1.807, 2.05) is 26.0 Å². The van der Waals surface area contributed by atoms with Crippen LogP contribution in [0.5, 0.6) is 0 Å². The monoisotopic (exact) mass is 380 g/mol. The normalized spacial score (nSPS) is 10.5. The Morgan fingerprint density at radius 3 is 2.46 bits per heavy atom. The highest BCUT2D eigenvalue weighted by atomic mass is 16.5. The summed E-state index contributed by atoms with van der Waals surface area (Å²) in [5, 5.41) is 0.847. The number of ether oxygens (including phenoxy) is 1. The Bertz CT molecular complexity index is 1020. The first kappa shape index (κ1) is 19.2. The van der Waals surface area contributed by atoms with E-state index in [2.05, 4.69) is 10.9 Å². The number of hydrazine groups is 1. The van der Waals surface area contributed by atoms with Crippen LogP contribution in [-0.2, 0) is 20.7 Å². The number of hydrogen-bond acceptors (Lipinski definition) is 5. The van der Waals surface area contributed by atoms with Crippen molar-refractivity contribution in [2.24, 2.45) is 0 Å². The summed E-state index contributed by atoms with van der Waals surface area (Å²) < 4.78 is 10.5. The highest BCUT2D eigenvalue weighted by molar-refractivity contribution is 5.95. The van der Waals surface area contributed by atoms with Gasteiger partial charge in [-0.25, -0.2) is 0 Å². The largest absolute Gasteiger partial charge is 0.464 e. The van der Waals surface area contributed by atoms with Crippen molar-refractivity contribution in [2.45, 2.75) is 20.3 Å². The Balaban J connectivity index is 1.48. The van der Waals surface area contributed by atoms with E-state index in [1.54, 1.807) is 30.3 Å². The smallest absolute Gasteiger partial charge is 0.310 e. The van der Waals surface area contributed by atoms with Gasteiger partial charge in [0.25, 0.3) is 11.8 Å². The van der Waals surface area contributed by atoms with Crippen LogP contribution in [0, 0.1) is 13.8 Å². The quantitative estimate of drug-likeness (QED) is 0.524. The molecule has 0 saturated heterocycles. The predicted molar refractivity (Wildman–Crippen MR) is 102 cm³/mol. The van der Waals surface area contributed by atoms with Crippen molar-refractivity contribution in [3.63, 3.8) is 0 Å². The van der Waals surface area contributed by atoms with Gasteiger partial charge >= 0.3 is 5.97 Å². The average Bonchev–Trinajstić information content (AvgIpc) is 3.07. The number of fused-ring (bicyclic) bond motifs is 1. The Morgan fingerprint density at radius 2 is 1.71 bits per heavy atom. The van der Waals surface area contributed by atoms with Gasteiger partial charge < -0.3 is 9.15 Å². The molecular weight excluding hydrogens is 360 g/mol. The second-order valence-electron chi connectivity index (χ2n) is 6.40. The number of carbonyl (C=O) groups excluding carboxylic acids is 3. The maximum absolute atomic E-state index is 12.0. The first-order valence-corrected chi connectivity index (χ1v) is 8.71. The third-order valence-electron chi connectivity index (χ3n) is 4.32. The minimum Gasteiger partial charge on any atom is -0.464 e. The molecule has 0 atom stereocenters. The van der Waals surface area contributed by atoms with Crippen LogP contribution in [0.2, 0.25) is 0 Å². The number of aryl methyl sites for hydroxylation is 2. The number of carbonyl (C=O) groups is 3. The lowest BCUT2D eigenvalue weighted by molar-refractivity contribution is -0.148. The zero-order valence-corrected chi connectivity index (χ0v) is 15.6. The molecule has 1 heterocycles. The van der Waals surface area contributed by atoms with Gasteiger partial charge in [-0.15, -0.1) is 0 Å². The molecule has 144 valence electrons. The molecule has 0 aliphatic rings. The van der Waals surface area contributed by atoms with Gasteiger partial charge in [-0.2, -0.15) is 0 Å². The van der Waals surface area contributed by atoms with Gasteiger partial charge in [0.1, 0.15) is 5.58 Å². The number of benzene rings is 2. The van der Waals surface area contributed by atoms with E-state index in [0.717, 1.165) is 16.5 Å². The van der Waals surface area contributed by atoms with Crippen LogP contribution in [0.25, 0.3) is 11.0 Å². The van der Waals surface area contributed by atoms with Crippen LogP contribution in [0.15, 0.2) is 53.1 Å². The molecule has 7 heteroatoms. The van der Waals surface area contributed by atoms with Crippen LogP contribution >= 0.6 is 0 Å². The van der Waals surface area contributed by atoms with Crippen LogP contribution in [0.3, 0.4) is 0 Å². The van der Waals surface area contributed by atoms with Crippen molar-refractivity contribution < 1.29 is 23.5 Å². The molecule has 0 fully saturated rings. The van der Waals surface area contributed by atoms with Gasteiger partial charge in [0.05, 0.1) is 12.7 Å². The van der Waals surface area contributed by atoms with Crippen LogP contribution < -0.4 is 10.9 Å². The van der Waals surface area contributed by atoms with Crippen LogP contribution in [0.1, 0.15) is 27.0 Å². The van der Waals surface area contributed by atoms with Gasteiger partial charge in [-0.1, -0.05) is 18.2 Å². The second kappa shape index (κ2) is 8.39. The summed E-state index contributed by atoms with van der Waals surface area (Å²) in [6, 6.07) is 12.3. The topological polar surface area (TPSA) is 97.6 Å². The Morgan fingerprint density at radius 1 is 1.00 bits per heavy atom. The van der Waals surface area contributed by atoms with Gasteiger partial charge in [0.2, 0.25) is 0 Å². The molecule has 0 aliphatic heterocycles. The second-order valence-corrected chi connectivity index (χ2v) is 6.40. The molecule has 0 aliphatic carbocycles. The molecule has 2 aromatic carbocycles. The number of nitrogens with one attached hydrogen (secondary N) is 2. The summed E-state index contributed by atoms with van der Waals surface area (Å²) in [4.78, 5) is 35.6. The molecule has 1 aromatic heterocycles. The van der Waals surface area contributed by atoms with Crippen molar-refractivity contribution in [3.05, 3.63) is 71.0 Å². The molecule has 28 heavy (non-hydrogen) atoms. The van der Waals surface area contributed by atoms with Crippen molar-refractivity contribution in [1.82, 2.24) is 10.9 Å². The molecule has 7 nitrogen and oxygen atoms in total. The van der Waals surface area contributed by atoms with E-state index in [-0.39, 0.29) is 6.42 Å². The SMILES string of the molecule is Cc1cc2occ(CC(=O)OCC(=O)NNC(=O)c3ccccc3)c2cc1C. The molecule has 0 spiro atoms. The van der Waals surface area contributed by atoms with E-state index in [0.29, 0.717) is 16.7 Å². The van der Waals surface area contributed by atoms with E-state index in [9.17, 15) is 14.4 Å². The summed E-state index contributed by atoms with van der Waals surface area (Å²) in [5.41, 5.74) is 8.46. The fourth-order valence-corrected chi connectivity index (χ4v) is 2.65. The zero-order chi connectivity index (χ0) is 20.1. The number of hydrogen-bond donors (Lipinski definition) is 2. The zero-order valence-electron chi connectivity index (χ0n) is 15.6. The number of amides is 2. The molecule has 0 unspecified atom stereocenters. The van der Waals surface area contributed by atoms with E-state index < -0.39 is 24.4 Å². The average molecular weight is 380 g/mol. The molecular formula is C21H20N2O5. The molecule has 2 amide bonds. The van der Waals surface area contributed by atoms with Gasteiger partial charge in [-0.3, -0.25) is 25.2 Å². The van der Waals surface area contributed by atoms with E-state index >= 15 is 0 Å². The minimum absolute atomic E-state index is 0.0147. The maximum atomic E-state index is 12.0. The summed E-state index contributed by atoms with van der Waals surface area (Å²) in [7, 11) is 0. The lowest BCUT2D eigenvalue weighted by atomic mass is 10.0. The fraction of sp³-hybridized carbons (Fsp3) is 0.190. The van der Waals surface area contributed by atoms with Gasteiger partial charge in [0, 0.05) is 16.5 Å². The lowest BCUT2D eigenvalue weighted by Gasteiger charge is -2.08. The fourth-order valence-electron chi connectivity index (χ4n) is 2.65. The first-order chi connectivity index (χ1) is 13.4. The Kier molecular flexibility index (Phi) is 5.74. The first-order valence-electron chi connectivity index (χ1n) is 8.71.